The van der Waals surface area contributed by atoms with E-state index in [1.165, 1.54) is 16.3 Å². The molecule has 0 N–H and O–H groups in total. The molecule has 9 rings (SSSR count). The van der Waals surface area contributed by atoms with Crippen LogP contribution in [0.1, 0.15) is 0 Å². The summed E-state index contributed by atoms with van der Waals surface area (Å²) in [6.45, 7) is 0. The van der Waals surface area contributed by atoms with Crippen molar-refractivity contribution in [2.45, 2.75) is 0 Å². The van der Waals surface area contributed by atoms with Crippen LogP contribution in [0, 0.1) is 0 Å². The van der Waals surface area contributed by atoms with Crippen LogP contribution in [-0.4, -0.2) is 15.0 Å². The third kappa shape index (κ3) is 4.27. The first-order valence-electron chi connectivity index (χ1n) is 15.0. The number of hydrogen-bond donors (Lipinski definition) is 0. The van der Waals surface area contributed by atoms with E-state index >= 15 is 0 Å². The molecule has 0 aliphatic heterocycles. The van der Waals surface area contributed by atoms with Crippen LogP contribution in [0.2, 0.25) is 0 Å². The number of benzene rings is 7. The van der Waals surface area contributed by atoms with Gasteiger partial charge < -0.3 is 4.42 Å². The molecule has 210 valence electrons. The van der Waals surface area contributed by atoms with Gasteiger partial charge in [-0.25, -0.2) is 15.0 Å². The van der Waals surface area contributed by atoms with Gasteiger partial charge in [0.25, 0.3) is 0 Å². The first-order valence-corrected chi connectivity index (χ1v) is 15.0. The van der Waals surface area contributed by atoms with E-state index in [0.29, 0.717) is 17.5 Å². The number of nitrogens with zero attached hydrogens (tertiary/aromatic N) is 3. The summed E-state index contributed by atoms with van der Waals surface area (Å²) in [7, 11) is 0. The molecule has 0 aliphatic rings. The molecule has 4 heteroatoms. The number of hydrogen-bond acceptors (Lipinski definition) is 4. The van der Waals surface area contributed by atoms with Crippen LogP contribution in [0.3, 0.4) is 0 Å². The Morgan fingerprint density at radius 2 is 0.933 bits per heavy atom. The second-order valence-electron chi connectivity index (χ2n) is 11.2. The lowest BCUT2D eigenvalue weighted by Gasteiger charge is -2.10. The first kappa shape index (κ1) is 25.4. The molecule has 7 aromatic carbocycles. The molecule has 0 unspecified atom stereocenters. The van der Waals surface area contributed by atoms with Crippen molar-refractivity contribution in [1.29, 1.82) is 0 Å². The minimum atomic E-state index is 0.610. The van der Waals surface area contributed by atoms with Gasteiger partial charge in [-0.05, 0) is 39.4 Å². The lowest BCUT2D eigenvalue weighted by molar-refractivity contribution is 0.672. The van der Waals surface area contributed by atoms with E-state index < -0.39 is 0 Å². The van der Waals surface area contributed by atoms with Gasteiger partial charge in [-0.3, -0.25) is 0 Å². The SMILES string of the molecule is c1ccc(-c2nc(-c3ccc(-c4cccc5ccccc45)cc3)nc(-c3cccc4oc5c6ccccc6ccc5c34)n2)cc1. The van der Waals surface area contributed by atoms with Gasteiger partial charge in [-0.1, -0.05) is 140 Å². The Balaban J connectivity index is 1.23. The molecule has 45 heavy (non-hydrogen) atoms. The van der Waals surface area contributed by atoms with Gasteiger partial charge >= 0.3 is 0 Å². The van der Waals surface area contributed by atoms with Gasteiger partial charge in [-0.2, -0.15) is 0 Å². The van der Waals surface area contributed by atoms with Gasteiger partial charge in [0.2, 0.25) is 0 Å². The lowest BCUT2D eigenvalue weighted by atomic mass is 9.97. The Bertz CT molecular complexity index is 2530. The van der Waals surface area contributed by atoms with Gasteiger partial charge in [-0.15, -0.1) is 0 Å². The summed E-state index contributed by atoms with van der Waals surface area (Å²) in [5, 5.41) is 6.73. The second kappa shape index (κ2) is 10.2. The van der Waals surface area contributed by atoms with Gasteiger partial charge in [0, 0.05) is 32.8 Å². The minimum absolute atomic E-state index is 0.610. The van der Waals surface area contributed by atoms with Crippen molar-refractivity contribution in [3.63, 3.8) is 0 Å². The Morgan fingerprint density at radius 3 is 1.73 bits per heavy atom. The maximum atomic E-state index is 6.47. The van der Waals surface area contributed by atoms with Crippen LogP contribution in [0.5, 0.6) is 0 Å². The fraction of sp³-hybridized carbons (Fsp3) is 0. The Hall–Kier alpha value is -6.13. The standard InChI is InChI=1S/C41H25N3O/c1-2-12-29(13-3-1)39-42-40(30-22-20-28(21-23-30)32-17-8-14-26-10-4-6-15-31(26)32)44-41(43-39)35-18-9-19-36-37(35)34-25-24-27-11-5-7-16-33(27)38(34)45-36/h1-25H. The third-order valence-electron chi connectivity index (χ3n) is 8.54. The average molecular weight is 576 g/mol. The lowest BCUT2D eigenvalue weighted by Crippen LogP contribution is -2.00. The first-order chi connectivity index (χ1) is 22.3. The second-order valence-corrected chi connectivity index (χ2v) is 11.2. The topological polar surface area (TPSA) is 51.8 Å². The summed E-state index contributed by atoms with van der Waals surface area (Å²) in [5.74, 6) is 1.86. The highest BCUT2D eigenvalue weighted by atomic mass is 16.3. The predicted molar refractivity (Wildman–Crippen MR) is 184 cm³/mol. The summed E-state index contributed by atoms with van der Waals surface area (Å²) < 4.78 is 6.47. The number of fused-ring (bicyclic) bond motifs is 6. The van der Waals surface area contributed by atoms with Crippen LogP contribution in [0.4, 0.5) is 0 Å². The zero-order valence-electron chi connectivity index (χ0n) is 24.2. The van der Waals surface area contributed by atoms with E-state index in [1.807, 2.05) is 54.6 Å². The molecule has 0 radical (unpaired) electrons. The summed E-state index contributed by atoms with van der Waals surface area (Å²) in [5.41, 5.74) is 6.80. The number of rotatable bonds is 4. The summed E-state index contributed by atoms with van der Waals surface area (Å²) >= 11 is 0. The maximum Gasteiger partial charge on any atom is 0.164 e. The van der Waals surface area contributed by atoms with Crippen molar-refractivity contribution in [3.05, 3.63) is 152 Å². The van der Waals surface area contributed by atoms with Crippen molar-refractivity contribution >= 4 is 43.5 Å². The molecule has 0 saturated carbocycles. The van der Waals surface area contributed by atoms with E-state index in [2.05, 4.69) is 97.1 Å². The van der Waals surface area contributed by atoms with E-state index in [4.69, 9.17) is 19.4 Å². The van der Waals surface area contributed by atoms with Crippen LogP contribution in [-0.2, 0) is 0 Å². The third-order valence-corrected chi connectivity index (χ3v) is 8.54. The highest BCUT2D eigenvalue weighted by Gasteiger charge is 2.19. The molecular formula is C41H25N3O. The molecule has 0 amide bonds. The Morgan fingerprint density at radius 1 is 0.356 bits per heavy atom. The Labute approximate surface area is 259 Å². The summed E-state index contributed by atoms with van der Waals surface area (Å²) in [6, 6.07) is 52.2. The Kier molecular flexibility index (Phi) is 5.78. The van der Waals surface area contributed by atoms with Crippen molar-refractivity contribution in [2.24, 2.45) is 0 Å². The van der Waals surface area contributed by atoms with Gasteiger partial charge in [0.05, 0.1) is 0 Å². The minimum Gasteiger partial charge on any atom is -0.455 e. The number of aromatic nitrogens is 3. The van der Waals surface area contributed by atoms with Crippen LogP contribution >= 0.6 is 0 Å². The molecule has 0 saturated heterocycles. The van der Waals surface area contributed by atoms with Crippen molar-refractivity contribution in [3.8, 4) is 45.3 Å². The summed E-state index contributed by atoms with van der Waals surface area (Å²) in [6.07, 6.45) is 0. The van der Waals surface area contributed by atoms with Crippen LogP contribution in [0.15, 0.2) is 156 Å². The highest BCUT2D eigenvalue weighted by Crippen LogP contribution is 2.39. The molecule has 0 atom stereocenters. The summed E-state index contributed by atoms with van der Waals surface area (Å²) in [4.78, 5) is 15.1. The van der Waals surface area contributed by atoms with E-state index in [1.54, 1.807) is 0 Å². The fourth-order valence-electron chi connectivity index (χ4n) is 6.36. The van der Waals surface area contributed by atoms with Crippen LogP contribution in [0.25, 0.3) is 88.8 Å². The smallest absolute Gasteiger partial charge is 0.164 e. The van der Waals surface area contributed by atoms with Crippen LogP contribution < -0.4 is 0 Å². The van der Waals surface area contributed by atoms with E-state index in [9.17, 15) is 0 Å². The zero-order chi connectivity index (χ0) is 29.7. The van der Waals surface area contributed by atoms with E-state index in [0.717, 1.165) is 55.0 Å². The molecule has 0 aliphatic carbocycles. The van der Waals surface area contributed by atoms with Crippen molar-refractivity contribution in [1.82, 2.24) is 15.0 Å². The molecule has 0 spiro atoms. The molecule has 4 nitrogen and oxygen atoms in total. The molecule has 0 fully saturated rings. The largest absolute Gasteiger partial charge is 0.455 e. The van der Waals surface area contributed by atoms with Crippen molar-refractivity contribution < 1.29 is 4.42 Å². The molecule has 9 aromatic rings. The van der Waals surface area contributed by atoms with E-state index in [-0.39, 0.29) is 0 Å². The highest BCUT2D eigenvalue weighted by molar-refractivity contribution is 6.18. The zero-order valence-corrected chi connectivity index (χ0v) is 24.2. The quantitative estimate of drug-likeness (QED) is 0.209. The van der Waals surface area contributed by atoms with Gasteiger partial charge in [0.15, 0.2) is 17.5 Å². The fourth-order valence-corrected chi connectivity index (χ4v) is 6.36. The monoisotopic (exact) mass is 575 g/mol. The van der Waals surface area contributed by atoms with Gasteiger partial charge in [0.1, 0.15) is 11.2 Å². The molecular weight excluding hydrogens is 550 g/mol. The average Bonchev–Trinajstić information content (AvgIpc) is 3.51. The number of furan rings is 1. The molecule has 2 heterocycles. The normalized spacial score (nSPS) is 11.6. The maximum absolute atomic E-state index is 6.47. The molecule has 2 aromatic heterocycles. The molecule has 0 bridgehead atoms. The van der Waals surface area contributed by atoms with Crippen molar-refractivity contribution in [2.75, 3.05) is 0 Å². The predicted octanol–water partition coefficient (Wildman–Crippen LogP) is 10.7.